The van der Waals surface area contributed by atoms with Crippen molar-refractivity contribution in [2.75, 3.05) is 45.2 Å². The van der Waals surface area contributed by atoms with E-state index in [2.05, 4.69) is 46.6 Å². The van der Waals surface area contributed by atoms with Crippen LogP contribution in [0.2, 0.25) is 0 Å². The van der Waals surface area contributed by atoms with E-state index in [1.807, 2.05) is 48.5 Å². The highest BCUT2D eigenvalue weighted by molar-refractivity contribution is 5.92. The van der Waals surface area contributed by atoms with Crippen molar-refractivity contribution in [3.8, 4) is 5.75 Å². The topological polar surface area (TPSA) is 41.6 Å². The second kappa shape index (κ2) is 9.11. The first-order valence-corrected chi connectivity index (χ1v) is 10.3. The number of hydrogen-bond acceptors (Lipinski definition) is 3. The Morgan fingerprint density at radius 3 is 2.17 bits per heavy atom. The number of hydrogen-bond donors (Lipinski definition) is 1. The fourth-order valence-electron chi connectivity index (χ4n) is 4.27. The maximum Gasteiger partial charge on any atom is 0.238 e. The Morgan fingerprint density at radius 1 is 0.900 bits per heavy atom. The van der Waals surface area contributed by atoms with Gasteiger partial charge in [-0.05, 0) is 30.3 Å². The fourth-order valence-corrected chi connectivity index (χ4v) is 4.27. The van der Waals surface area contributed by atoms with E-state index in [1.165, 1.54) is 11.4 Å². The molecule has 1 N–H and O–H groups in total. The molecule has 154 valence electrons. The molecule has 0 saturated carbocycles. The summed E-state index contributed by atoms with van der Waals surface area (Å²) < 4.78 is 6.43. The Balaban J connectivity index is 1.52. The standard InChI is InChI=1S/C25H27N3O2/c1-30-24-15-9-8-14-23(24)28(22-12-6-3-7-13-22)18-16-27(17-19-28)20-25(29)26-21-10-4-2-5-11-21/h2-15H,16-20H2,1H3/p+1. The van der Waals surface area contributed by atoms with Crippen molar-refractivity contribution in [2.24, 2.45) is 0 Å². The lowest BCUT2D eigenvalue weighted by atomic mass is 10.1. The number of methoxy groups -OCH3 is 1. The number of rotatable bonds is 6. The van der Waals surface area contributed by atoms with Gasteiger partial charge in [-0.3, -0.25) is 14.2 Å². The summed E-state index contributed by atoms with van der Waals surface area (Å²) >= 11 is 0. The summed E-state index contributed by atoms with van der Waals surface area (Å²) in [6, 6.07) is 28.5. The van der Waals surface area contributed by atoms with Crippen LogP contribution in [0.25, 0.3) is 0 Å². The Bertz CT molecular complexity index is 968. The third kappa shape index (κ3) is 4.22. The lowest BCUT2D eigenvalue weighted by Crippen LogP contribution is -2.58. The number of nitrogens with one attached hydrogen (secondary N) is 1. The summed E-state index contributed by atoms with van der Waals surface area (Å²) in [5, 5.41) is 2.99. The monoisotopic (exact) mass is 402 g/mol. The van der Waals surface area contributed by atoms with Crippen LogP contribution in [0.5, 0.6) is 5.75 Å². The predicted octanol–water partition coefficient (Wildman–Crippen LogP) is 4.29. The van der Waals surface area contributed by atoms with Crippen LogP contribution in [0.1, 0.15) is 0 Å². The van der Waals surface area contributed by atoms with Gasteiger partial charge in [0.05, 0.1) is 13.7 Å². The number of amides is 1. The third-order valence-corrected chi connectivity index (χ3v) is 5.82. The largest absolute Gasteiger partial charge is 0.491 e. The molecule has 4 rings (SSSR count). The zero-order chi connectivity index (χ0) is 20.8. The van der Waals surface area contributed by atoms with E-state index < -0.39 is 0 Å². The molecule has 1 saturated heterocycles. The van der Waals surface area contributed by atoms with E-state index in [9.17, 15) is 4.79 Å². The molecule has 1 heterocycles. The minimum absolute atomic E-state index is 0.0261. The molecular weight excluding hydrogens is 374 g/mol. The maximum absolute atomic E-state index is 12.5. The molecule has 5 nitrogen and oxygen atoms in total. The van der Waals surface area contributed by atoms with Gasteiger partial charge < -0.3 is 10.1 Å². The zero-order valence-electron chi connectivity index (χ0n) is 17.3. The van der Waals surface area contributed by atoms with Crippen molar-refractivity contribution >= 4 is 23.0 Å². The first kappa shape index (κ1) is 20.1. The number of quaternary nitrogens is 1. The van der Waals surface area contributed by atoms with E-state index in [1.54, 1.807) is 7.11 Å². The number of carbonyl (C=O) groups is 1. The molecule has 1 aliphatic heterocycles. The van der Waals surface area contributed by atoms with Crippen LogP contribution in [0.15, 0.2) is 84.9 Å². The summed E-state index contributed by atoms with van der Waals surface area (Å²) in [6.07, 6.45) is 0. The van der Waals surface area contributed by atoms with Crippen molar-refractivity contribution in [1.29, 1.82) is 0 Å². The van der Waals surface area contributed by atoms with Crippen molar-refractivity contribution < 1.29 is 9.53 Å². The Labute approximate surface area is 178 Å². The van der Waals surface area contributed by atoms with Crippen LogP contribution in [-0.2, 0) is 4.79 Å². The van der Waals surface area contributed by atoms with E-state index in [0.717, 1.165) is 42.1 Å². The number of nitrogens with zero attached hydrogens (tertiary/aromatic N) is 2. The summed E-state index contributed by atoms with van der Waals surface area (Å²) in [4.78, 5) is 14.7. The maximum atomic E-state index is 12.5. The second-order valence-electron chi connectivity index (χ2n) is 7.61. The number of anilines is 1. The van der Waals surface area contributed by atoms with Crippen LogP contribution < -0.4 is 14.5 Å². The second-order valence-corrected chi connectivity index (χ2v) is 7.61. The number of piperazine rings is 1. The molecule has 0 radical (unpaired) electrons. The highest BCUT2D eigenvalue weighted by atomic mass is 16.5. The lowest BCUT2D eigenvalue weighted by Gasteiger charge is -2.44. The summed E-state index contributed by atoms with van der Waals surface area (Å²) in [5.41, 5.74) is 3.25. The van der Waals surface area contributed by atoms with Crippen LogP contribution in [0.3, 0.4) is 0 Å². The molecule has 0 aliphatic carbocycles. The molecule has 3 aromatic carbocycles. The number of para-hydroxylation sites is 4. The van der Waals surface area contributed by atoms with Gasteiger partial charge >= 0.3 is 0 Å². The van der Waals surface area contributed by atoms with Gasteiger partial charge in [0.2, 0.25) is 5.91 Å². The molecule has 0 atom stereocenters. The van der Waals surface area contributed by atoms with Gasteiger partial charge in [-0.2, -0.15) is 0 Å². The smallest absolute Gasteiger partial charge is 0.238 e. The highest BCUT2D eigenvalue weighted by Gasteiger charge is 2.39. The SMILES string of the molecule is COc1ccccc1[N+]1(c2ccccc2)CCN(CC(=O)Nc2ccccc2)CC1. The molecule has 1 fully saturated rings. The Morgan fingerprint density at radius 2 is 1.50 bits per heavy atom. The van der Waals surface area contributed by atoms with Crippen LogP contribution in [0, 0.1) is 0 Å². The fraction of sp³-hybridized carbons (Fsp3) is 0.240. The lowest BCUT2D eigenvalue weighted by molar-refractivity contribution is -0.117. The first-order valence-electron chi connectivity index (χ1n) is 10.3. The number of benzene rings is 3. The van der Waals surface area contributed by atoms with E-state index >= 15 is 0 Å². The third-order valence-electron chi connectivity index (χ3n) is 5.82. The molecule has 0 unspecified atom stereocenters. The van der Waals surface area contributed by atoms with Gasteiger partial charge in [0.15, 0.2) is 11.4 Å². The van der Waals surface area contributed by atoms with Crippen LogP contribution in [-0.4, -0.2) is 50.6 Å². The summed E-state index contributed by atoms with van der Waals surface area (Å²) in [6.45, 7) is 3.81. The van der Waals surface area contributed by atoms with Gasteiger partial charge in [0, 0.05) is 24.8 Å². The Hall–Kier alpha value is -3.15. The first-order chi connectivity index (χ1) is 14.7. The Kier molecular flexibility index (Phi) is 6.12. The van der Waals surface area contributed by atoms with Gasteiger partial charge in [0.25, 0.3) is 0 Å². The van der Waals surface area contributed by atoms with E-state index in [4.69, 9.17) is 4.74 Å². The molecular formula is C25H28N3O2+. The van der Waals surface area contributed by atoms with Gasteiger partial charge in [-0.15, -0.1) is 0 Å². The molecule has 0 bridgehead atoms. The van der Waals surface area contributed by atoms with Crippen LogP contribution >= 0.6 is 0 Å². The molecule has 30 heavy (non-hydrogen) atoms. The van der Waals surface area contributed by atoms with Crippen molar-refractivity contribution in [2.45, 2.75) is 0 Å². The molecule has 5 heteroatoms. The average molecular weight is 403 g/mol. The van der Waals surface area contributed by atoms with Crippen LogP contribution in [0.4, 0.5) is 17.1 Å². The van der Waals surface area contributed by atoms with Gasteiger partial charge in [-0.25, -0.2) is 0 Å². The number of carbonyl (C=O) groups excluding carboxylic acids is 1. The molecule has 0 aromatic heterocycles. The summed E-state index contributed by atoms with van der Waals surface area (Å²) in [5.74, 6) is 0.926. The minimum atomic E-state index is 0.0261. The molecule has 3 aromatic rings. The van der Waals surface area contributed by atoms with Gasteiger partial charge in [0.1, 0.15) is 18.8 Å². The van der Waals surface area contributed by atoms with Gasteiger partial charge in [-0.1, -0.05) is 48.5 Å². The average Bonchev–Trinajstić information content (AvgIpc) is 2.81. The number of ether oxygens (including phenoxy) is 1. The minimum Gasteiger partial charge on any atom is -0.491 e. The van der Waals surface area contributed by atoms with Crippen molar-refractivity contribution in [3.05, 3.63) is 84.9 Å². The molecule has 0 spiro atoms. The highest BCUT2D eigenvalue weighted by Crippen LogP contribution is 2.41. The van der Waals surface area contributed by atoms with Crippen molar-refractivity contribution in [3.63, 3.8) is 0 Å². The molecule has 1 aliphatic rings. The normalized spacial score (nSPS) is 16.0. The molecule has 1 amide bonds. The van der Waals surface area contributed by atoms with Crippen molar-refractivity contribution in [1.82, 2.24) is 9.38 Å². The predicted molar refractivity (Wildman–Crippen MR) is 122 cm³/mol. The summed E-state index contributed by atoms with van der Waals surface area (Å²) in [7, 11) is 1.73. The van der Waals surface area contributed by atoms with E-state index in [-0.39, 0.29) is 5.91 Å². The van der Waals surface area contributed by atoms with E-state index in [0.29, 0.717) is 6.54 Å². The zero-order valence-corrected chi connectivity index (χ0v) is 17.3. The quantitative estimate of drug-likeness (QED) is 0.626.